The van der Waals surface area contributed by atoms with Gasteiger partial charge in [-0.3, -0.25) is 14.3 Å². The lowest BCUT2D eigenvalue weighted by Crippen LogP contribution is -2.34. The fourth-order valence-electron chi connectivity index (χ4n) is 1.65. The molecule has 0 amide bonds. The number of hydrogen-bond donors (Lipinski definition) is 0. The van der Waals surface area contributed by atoms with Gasteiger partial charge in [-0.25, -0.2) is 0 Å². The minimum absolute atomic E-state index is 0.0845. The summed E-state index contributed by atoms with van der Waals surface area (Å²) in [4.78, 5) is 9.57. The summed E-state index contributed by atoms with van der Waals surface area (Å²) in [6.07, 6.45) is -3.97. The van der Waals surface area contributed by atoms with Crippen molar-refractivity contribution in [3.8, 4) is 0 Å². The van der Waals surface area contributed by atoms with Crippen molar-refractivity contribution in [2.75, 3.05) is 13.7 Å². The normalized spacial score (nSPS) is 27.7. The van der Waals surface area contributed by atoms with E-state index in [9.17, 15) is 31.7 Å². The highest BCUT2D eigenvalue weighted by molar-refractivity contribution is 7.87. The quantitative estimate of drug-likeness (QED) is 0.306. The molecule has 0 N–H and O–H groups in total. The van der Waals surface area contributed by atoms with Crippen LogP contribution in [-0.2, 0) is 23.8 Å². The zero-order valence-corrected chi connectivity index (χ0v) is 11.0. The molecule has 1 aliphatic rings. The van der Waals surface area contributed by atoms with Gasteiger partial charge < -0.3 is 9.47 Å². The van der Waals surface area contributed by atoms with E-state index in [1.807, 2.05) is 0 Å². The molecule has 0 spiro atoms. The summed E-state index contributed by atoms with van der Waals surface area (Å²) < 4.78 is 72.1. The predicted octanol–water partition coefficient (Wildman–Crippen LogP) is 0.649. The van der Waals surface area contributed by atoms with Gasteiger partial charge in [-0.2, -0.15) is 21.6 Å². The summed E-state index contributed by atoms with van der Waals surface area (Å²) in [5.41, 5.74) is -5.55. The summed E-state index contributed by atoms with van der Waals surface area (Å²) >= 11 is 0. The molecule has 0 bridgehead atoms. The van der Waals surface area contributed by atoms with E-state index in [0.717, 1.165) is 7.11 Å². The molecule has 20 heavy (non-hydrogen) atoms. The van der Waals surface area contributed by atoms with Gasteiger partial charge in [0, 0.05) is 24.9 Å². The average Bonchev–Trinajstić information content (AvgIpc) is 2.66. The number of alkyl halides is 3. The Kier molecular flexibility index (Phi) is 5.29. The van der Waals surface area contributed by atoms with E-state index in [0.29, 0.717) is 0 Å². The van der Waals surface area contributed by atoms with Crippen LogP contribution in [0.5, 0.6) is 0 Å². The summed E-state index contributed by atoms with van der Waals surface area (Å²) in [6, 6.07) is 0. The molecular weight excluding hydrogens is 311 g/mol. The average molecular weight is 323 g/mol. The van der Waals surface area contributed by atoms with Crippen LogP contribution < -0.4 is 0 Å². The second-order valence-corrected chi connectivity index (χ2v) is 5.54. The third kappa shape index (κ3) is 4.26. The third-order valence-electron chi connectivity index (χ3n) is 2.53. The molecule has 0 saturated carbocycles. The number of ether oxygens (including phenoxy) is 2. The molecule has 3 atom stereocenters. The van der Waals surface area contributed by atoms with E-state index in [1.54, 1.807) is 0 Å². The molecule has 0 aromatic carbocycles. The minimum atomic E-state index is -5.77. The van der Waals surface area contributed by atoms with Crippen molar-refractivity contribution in [1.29, 1.82) is 0 Å². The van der Waals surface area contributed by atoms with Crippen molar-refractivity contribution in [1.82, 2.24) is 0 Å². The number of methoxy groups -OCH3 is 1. The summed E-state index contributed by atoms with van der Waals surface area (Å²) in [6.45, 7) is -0.458. The lowest BCUT2D eigenvalue weighted by molar-refractivity contribution is -0.482. The molecule has 1 saturated heterocycles. The minimum Gasteiger partial charge on any atom is -0.353 e. The smallest absolute Gasteiger partial charge is 0.353 e. The van der Waals surface area contributed by atoms with Crippen molar-refractivity contribution in [2.45, 2.75) is 36.8 Å². The molecule has 1 fully saturated rings. The highest BCUT2D eigenvalue weighted by Crippen LogP contribution is 2.32. The maximum atomic E-state index is 12.2. The van der Waals surface area contributed by atoms with Gasteiger partial charge in [-0.15, -0.1) is 0 Å². The van der Waals surface area contributed by atoms with Crippen LogP contribution in [0.2, 0.25) is 0 Å². The molecule has 0 aliphatic carbocycles. The van der Waals surface area contributed by atoms with Crippen molar-refractivity contribution in [3.63, 3.8) is 0 Å². The molecule has 1 rings (SSSR count). The lowest BCUT2D eigenvalue weighted by atomic mass is 10.1. The zero-order valence-electron chi connectivity index (χ0n) is 10.2. The molecule has 0 radical (unpaired) electrons. The molecule has 0 unspecified atom stereocenters. The first-order chi connectivity index (χ1) is 9.06. The Bertz CT molecular complexity index is 451. The zero-order chi connectivity index (χ0) is 15.6. The number of nitro groups is 1. The molecule has 118 valence electrons. The third-order valence-corrected chi connectivity index (χ3v) is 3.59. The van der Waals surface area contributed by atoms with Crippen molar-refractivity contribution >= 4 is 10.1 Å². The fourth-order valence-corrected chi connectivity index (χ4v) is 2.25. The highest BCUT2D eigenvalue weighted by atomic mass is 32.2. The second kappa shape index (κ2) is 6.20. The van der Waals surface area contributed by atoms with Gasteiger partial charge in [0.1, 0.15) is 6.10 Å². The molecule has 8 nitrogen and oxygen atoms in total. The van der Waals surface area contributed by atoms with E-state index in [4.69, 9.17) is 4.74 Å². The maximum absolute atomic E-state index is 12.2. The van der Waals surface area contributed by atoms with Gasteiger partial charge in [-0.05, 0) is 0 Å². The first-order valence-electron chi connectivity index (χ1n) is 5.36. The largest absolute Gasteiger partial charge is 0.523 e. The van der Waals surface area contributed by atoms with Crippen molar-refractivity contribution in [3.05, 3.63) is 10.1 Å². The van der Waals surface area contributed by atoms with Gasteiger partial charge in [0.2, 0.25) is 6.54 Å². The van der Waals surface area contributed by atoms with Crippen LogP contribution in [0.15, 0.2) is 0 Å². The topological polar surface area (TPSA) is 105 Å². The molecule has 1 aliphatic heterocycles. The first-order valence-corrected chi connectivity index (χ1v) is 6.77. The Balaban J connectivity index is 2.68. The van der Waals surface area contributed by atoms with Gasteiger partial charge >= 0.3 is 15.6 Å². The highest BCUT2D eigenvalue weighted by Gasteiger charge is 2.51. The Morgan fingerprint density at radius 2 is 2.05 bits per heavy atom. The Hall–Kier alpha value is -0.980. The van der Waals surface area contributed by atoms with E-state index in [2.05, 4.69) is 8.92 Å². The Morgan fingerprint density at radius 1 is 1.45 bits per heavy atom. The summed E-state index contributed by atoms with van der Waals surface area (Å²) in [5.74, 6) is 0. The van der Waals surface area contributed by atoms with E-state index < -0.39 is 45.6 Å². The number of hydrogen-bond acceptors (Lipinski definition) is 7. The van der Waals surface area contributed by atoms with Crippen LogP contribution in [0.3, 0.4) is 0 Å². The van der Waals surface area contributed by atoms with Crippen LogP contribution in [-0.4, -0.2) is 51.0 Å². The monoisotopic (exact) mass is 323 g/mol. The van der Waals surface area contributed by atoms with E-state index in [1.165, 1.54) is 0 Å². The standard InChI is InChI=1S/C8H12F3NO7S/c1-17-7-6(19-20(15,16)8(9,10)11)4-5(18-7)2-3-12(13)14/h5-7H,2-4H2,1H3/t5-,6-,7-/m1/s1. The number of rotatable bonds is 6. The van der Waals surface area contributed by atoms with Crippen molar-refractivity contribution in [2.24, 2.45) is 0 Å². The Morgan fingerprint density at radius 3 is 2.50 bits per heavy atom. The molecule has 0 aromatic heterocycles. The van der Waals surface area contributed by atoms with Crippen LogP contribution in [0.25, 0.3) is 0 Å². The maximum Gasteiger partial charge on any atom is 0.523 e. The van der Waals surface area contributed by atoms with Gasteiger partial charge in [0.05, 0.1) is 6.10 Å². The molecule has 0 aromatic rings. The van der Waals surface area contributed by atoms with Gasteiger partial charge in [-0.1, -0.05) is 0 Å². The second-order valence-electron chi connectivity index (χ2n) is 3.98. The lowest BCUT2D eigenvalue weighted by Gasteiger charge is -2.17. The fraction of sp³-hybridized carbons (Fsp3) is 1.00. The molecule has 12 heteroatoms. The summed E-state index contributed by atoms with van der Waals surface area (Å²) in [5, 5.41) is 10.2. The molecule has 1 heterocycles. The van der Waals surface area contributed by atoms with E-state index >= 15 is 0 Å². The van der Waals surface area contributed by atoms with E-state index in [-0.39, 0.29) is 12.8 Å². The summed E-state index contributed by atoms with van der Waals surface area (Å²) in [7, 11) is -4.68. The van der Waals surface area contributed by atoms with Crippen LogP contribution >= 0.6 is 0 Å². The SMILES string of the molecule is CO[C@@H]1O[C@H](CC[N+](=O)[O-])C[C@H]1OS(=O)(=O)C(F)(F)F. The number of halogens is 3. The predicted molar refractivity (Wildman–Crippen MR) is 56.6 cm³/mol. The van der Waals surface area contributed by atoms with Crippen LogP contribution in [0.4, 0.5) is 13.2 Å². The number of nitrogens with zero attached hydrogens (tertiary/aromatic N) is 1. The van der Waals surface area contributed by atoms with Crippen LogP contribution in [0, 0.1) is 10.1 Å². The van der Waals surface area contributed by atoms with Gasteiger partial charge in [0.25, 0.3) is 0 Å². The molecular formula is C8H12F3NO7S. The van der Waals surface area contributed by atoms with Crippen LogP contribution in [0.1, 0.15) is 12.8 Å². The van der Waals surface area contributed by atoms with Crippen molar-refractivity contribution < 1.29 is 40.2 Å². The van der Waals surface area contributed by atoms with Gasteiger partial charge in [0.15, 0.2) is 6.29 Å². The Labute approximate surface area is 112 Å². The first kappa shape index (κ1) is 17.1.